The van der Waals surface area contributed by atoms with E-state index in [4.69, 9.17) is 9.72 Å². The van der Waals surface area contributed by atoms with Gasteiger partial charge in [0.1, 0.15) is 11.6 Å². The van der Waals surface area contributed by atoms with Crippen molar-refractivity contribution in [3.8, 4) is 5.75 Å². The summed E-state index contributed by atoms with van der Waals surface area (Å²) in [7, 11) is 0. The topological polar surface area (TPSA) is 56.1 Å². The zero-order valence-corrected chi connectivity index (χ0v) is 18.0. The van der Waals surface area contributed by atoms with Crippen LogP contribution >= 0.6 is 0 Å². The smallest absolute Gasteiger partial charge is 0.251 e. The Hall–Kier alpha value is -3.60. The van der Waals surface area contributed by atoms with Gasteiger partial charge in [-0.2, -0.15) is 0 Å². The van der Waals surface area contributed by atoms with E-state index >= 15 is 0 Å². The van der Waals surface area contributed by atoms with Crippen molar-refractivity contribution in [1.82, 2.24) is 14.9 Å². The first-order valence-corrected chi connectivity index (χ1v) is 10.6. The van der Waals surface area contributed by atoms with Crippen molar-refractivity contribution in [3.63, 3.8) is 0 Å². The molecule has 5 nitrogen and oxygen atoms in total. The average molecular weight is 414 g/mol. The van der Waals surface area contributed by atoms with Crippen molar-refractivity contribution in [3.05, 3.63) is 95.3 Å². The highest BCUT2D eigenvalue weighted by atomic mass is 16.5. The molecule has 0 fully saturated rings. The summed E-state index contributed by atoms with van der Waals surface area (Å²) in [6.07, 6.45) is 0.840. The number of nitrogens with zero attached hydrogens (tertiary/aromatic N) is 2. The van der Waals surface area contributed by atoms with Crippen LogP contribution in [0.25, 0.3) is 11.0 Å². The molecule has 4 rings (SSSR count). The molecule has 0 unspecified atom stereocenters. The lowest BCUT2D eigenvalue weighted by Gasteiger charge is -2.12. The number of ether oxygens (including phenoxy) is 1. The maximum atomic E-state index is 12.6. The number of hydrogen-bond donors (Lipinski definition) is 1. The lowest BCUT2D eigenvalue weighted by atomic mass is 10.1. The summed E-state index contributed by atoms with van der Waals surface area (Å²) in [6, 6.07) is 23.7. The number of hydrogen-bond acceptors (Lipinski definition) is 3. The number of para-hydroxylation sites is 2. The summed E-state index contributed by atoms with van der Waals surface area (Å²) >= 11 is 0. The van der Waals surface area contributed by atoms with E-state index < -0.39 is 0 Å². The standard InChI is InChI=1S/C26H27N3O2/c1-19-9-7-11-21(17-19)31-16-8-15-29-24-14-6-5-13-23(24)28-25(29)18-27-26(30)22-12-4-3-10-20(22)2/h3-7,9-14,17H,8,15-16,18H2,1-2H3,(H,27,30). The third-order valence-electron chi connectivity index (χ3n) is 5.31. The minimum Gasteiger partial charge on any atom is -0.494 e. The number of imidazole rings is 1. The Kier molecular flexibility index (Phi) is 6.32. The van der Waals surface area contributed by atoms with E-state index in [1.807, 2.05) is 67.6 Å². The summed E-state index contributed by atoms with van der Waals surface area (Å²) in [6.45, 7) is 5.76. The number of fused-ring (bicyclic) bond motifs is 1. The van der Waals surface area contributed by atoms with Gasteiger partial charge in [0.05, 0.1) is 24.2 Å². The summed E-state index contributed by atoms with van der Waals surface area (Å²) in [5.74, 6) is 1.65. The molecule has 0 radical (unpaired) electrons. The van der Waals surface area contributed by atoms with Crippen LogP contribution in [0.1, 0.15) is 33.7 Å². The highest BCUT2D eigenvalue weighted by Gasteiger charge is 2.13. The molecule has 3 aromatic carbocycles. The number of carbonyl (C=O) groups is 1. The molecule has 4 aromatic rings. The Labute approximate surface area is 182 Å². The average Bonchev–Trinajstić information content (AvgIpc) is 3.13. The van der Waals surface area contributed by atoms with E-state index in [9.17, 15) is 4.79 Å². The number of benzene rings is 3. The van der Waals surface area contributed by atoms with Crippen LogP contribution in [0.4, 0.5) is 0 Å². The SMILES string of the molecule is Cc1cccc(OCCCn2c(CNC(=O)c3ccccc3C)nc3ccccc32)c1. The molecule has 0 spiro atoms. The van der Waals surface area contributed by atoms with Crippen LogP contribution in [-0.4, -0.2) is 22.1 Å². The van der Waals surface area contributed by atoms with Gasteiger partial charge in [-0.3, -0.25) is 4.79 Å². The van der Waals surface area contributed by atoms with Crippen LogP contribution in [0.3, 0.4) is 0 Å². The molecule has 0 atom stereocenters. The summed E-state index contributed by atoms with van der Waals surface area (Å²) in [4.78, 5) is 17.4. The van der Waals surface area contributed by atoms with Crippen molar-refractivity contribution >= 4 is 16.9 Å². The number of rotatable bonds is 8. The van der Waals surface area contributed by atoms with Crippen molar-refractivity contribution in [2.45, 2.75) is 33.4 Å². The fraction of sp³-hybridized carbons (Fsp3) is 0.231. The molecule has 0 bridgehead atoms. The van der Waals surface area contributed by atoms with Crippen molar-refractivity contribution in [2.75, 3.05) is 6.61 Å². The molecule has 31 heavy (non-hydrogen) atoms. The number of nitrogens with one attached hydrogen (secondary N) is 1. The molecule has 0 aliphatic rings. The Morgan fingerprint density at radius 1 is 1.00 bits per heavy atom. The van der Waals surface area contributed by atoms with E-state index in [0.29, 0.717) is 18.7 Å². The zero-order chi connectivity index (χ0) is 21.6. The predicted octanol–water partition coefficient (Wildman–Crippen LogP) is 5.05. The highest BCUT2D eigenvalue weighted by molar-refractivity contribution is 5.95. The van der Waals surface area contributed by atoms with E-state index in [-0.39, 0.29) is 5.91 Å². The summed E-state index contributed by atoms with van der Waals surface area (Å²) in [5, 5.41) is 3.03. The Bertz CT molecular complexity index is 1200. The number of aromatic nitrogens is 2. The first kappa shape index (κ1) is 20.7. The number of aryl methyl sites for hydroxylation is 3. The van der Waals surface area contributed by atoms with Crippen LogP contribution in [0, 0.1) is 13.8 Å². The second-order valence-electron chi connectivity index (χ2n) is 7.68. The van der Waals surface area contributed by atoms with Gasteiger partial charge in [0.15, 0.2) is 0 Å². The molecular weight excluding hydrogens is 386 g/mol. The highest BCUT2D eigenvalue weighted by Crippen LogP contribution is 2.18. The van der Waals surface area contributed by atoms with Gasteiger partial charge in [-0.25, -0.2) is 4.98 Å². The molecule has 0 aliphatic heterocycles. The van der Waals surface area contributed by atoms with Gasteiger partial charge in [0.2, 0.25) is 0 Å². The molecule has 158 valence electrons. The third-order valence-corrected chi connectivity index (χ3v) is 5.31. The van der Waals surface area contributed by atoms with Crippen molar-refractivity contribution in [2.24, 2.45) is 0 Å². The van der Waals surface area contributed by atoms with Crippen molar-refractivity contribution in [1.29, 1.82) is 0 Å². The first-order chi connectivity index (χ1) is 15.1. The largest absolute Gasteiger partial charge is 0.494 e. The van der Waals surface area contributed by atoms with Crippen LogP contribution in [-0.2, 0) is 13.1 Å². The fourth-order valence-corrected chi connectivity index (χ4v) is 3.71. The third kappa shape index (κ3) is 4.94. The Morgan fingerprint density at radius 3 is 2.65 bits per heavy atom. The van der Waals surface area contributed by atoms with Crippen LogP contribution < -0.4 is 10.1 Å². The number of carbonyl (C=O) groups excluding carboxylic acids is 1. The van der Waals surface area contributed by atoms with Crippen LogP contribution in [0.5, 0.6) is 5.75 Å². The molecule has 1 amide bonds. The van der Waals surface area contributed by atoms with Crippen LogP contribution in [0.15, 0.2) is 72.8 Å². The van der Waals surface area contributed by atoms with Gasteiger partial charge in [-0.15, -0.1) is 0 Å². The molecule has 0 saturated heterocycles. The molecule has 0 saturated carbocycles. The second kappa shape index (κ2) is 9.47. The fourth-order valence-electron chi connectivity index (χ4n) is 3.71. The Morgan fingerprint density at radius 2 is 1.81 bits per heavy atom. The normalized spacial score (nSPS) is 10.9. The maximum absolute atomic E-state index is 12.6. The van der Waals surface area contributed by atoms with E-state index in [1.54, 1.807) is 0 Å². The molecule has 0 aliphatic carbocycles. The van der Waals surface area contributed by atoms with Gasteiger partial charge in [0.25, 0.3) is 5.91 Å². The second-order valence-corrected chi connectivity index (χ2v) is 7.68. The zero-order valence-electron chi connectivity index (χ0n) is 18.0. The lowest BCUT2D eigenvalue weighted by molar-refractivity contribution is 0.0949. The van der Waals surface area contributed by atoms with Gasteiger partial charge >= 0.3 is 0 Å². The minimum absolute atomic E-state index is 0.0838. The van der Waals surface area contributed by atoms with Gasteiger partial charge in [-0.05, 0) is 61.7 Å². The molecule has 5 heteroatoms. The molecule has 1 N–H and O–H groups in total. The van der Waals surface area contributed by atoms with E-state index in [2.05, 4.69) is 28.9 Å². The molecule has 1 aromatic heterocycles. The summed E-state index contributed by atoms with van der Waals surface area (Å²) in [5.41, 5.74) is 4.84. The van der Waals surface area contributed by atoms with Gasteiger partial charge < -0.3 is 14.6 Å². The van der Waals surface area contributed by atoms with Crippen molar-refractivity contribution < 1.29 is 9.53 Å². The van der Waals surface area contributed by atoms with Crippen LogP contribution in [0.2, 0.25) is 0 Å². The predicted molar refractivity (Wildman–Crippen MR) is 123 cm³/mol. The quantitative estimate of drug-likeness (QED) is 0.411. The lowest BCUT2D eigenvalue weighted by Crippen LogP contribution is -2.25. The first-order valence-electron chi connectivity index (χ1n) is 10.6. The van der Waals surface area contributed by atoms with Gasteiger partial charge in [0, 0.05) is 12.1 Å². The molecular formula is C26H27N3O2. The summed E-state index contributed by atoms with van der Waals surface area (Å²) < 4.78 is 8.08. The Balaban J connectivity index is 1.44. The van der Waals surface area contributed by atoms with E-state index in [0.717, 1.165) is 41.1 Å². The van der Waals surface area contributed by atoms with E-state index in [1.165, 1.54) is 5.56 Å². The monoisotopic (exact) mass is 413 g/mol. The molecule has 1 heterocycles. The minimum atomic E-state index is -0.0838. The maximum Gasteiger partial charge on any atom is 0.251 e. The van der Waals surface area contributed by atoms with Gasteiger partial charge in [-0.1, -0.05) is 42.5 Å². The number of amides is 1.